The summed E-state index contributed by atoms with van der Waals surface area (Å²) < 4.78 is 10.5. The Kier molecular flexibility index (Phi) is 7.59. The predicted molar refractivity (Wildman–Crippen MR) is 80.1 cm³/mol. The molecule has 20 heavy (non-hydrogen) atoms. The summed E-state index contributed by atoms with van der Waals surface area (Å²) in [6, 6.07) is 10.2. The maximum Gasteiger partial charge on any atom is 0.307 e. The first-order valence-electron chi connectivity index (χ1n) is 6.83. The molecule has 1 aromatic rings. The third-order valence-corrected chi connectivity index (χ3v) is 3.34. The summed E-state index contributed by atoms with van der Waals surface area (Å²) in [6.45, 7) is 5.45. The zero-order valence-electron chi connectivity index (χ0n) is 11.8. The van der Waals surface area contributed by atoms with Gasteiger partial charge in [-0.3, -0.25) is 9.69 Å². The Hall–Kier alpha value is -1.10. The molecule has 0 aromatic heterocycles. The largest absolute Gasteiger partial charge is 0.466 e. The zero-order chi connectivity index (χ0) is 13.5. The van der Waals surface area contributed by atoms with Gasteiger partial charge in [-0.25, -0.2) is 0 Å². The van der Waals surface area contributed by atoms with E-state index in [0.29, 0.717) is 13.0 Å². The van der Waals surface area contributed by atoms with Crippen molar-refractivity contribution in [2.45, 2.75) is 19.4 Å². The minimum Gasteiger partial charge on any atom is -0.466 e. The standard InChI is InChI=1S/C15H21NO3.ClH/c1-2-19-15(17)12-14(13-6-4-3-5-7-13)16-8-10-18-11-9-16;/h3-7,14H,2,8-12H2,1H3;1H. The van der Waals surface area contributed by atoms with Gasteiger partial charge in [0.25, 0.3) is 0 Å². The van der Waals surface area contributed by atoms with E-state index in [-0.39, 0.29) is 24.4 Å². The second-order valence-electron chi connectivity index (χ2n) is 4.58. The van der Waals surface area contributed by atoms with Gasteiger partial charge in [-0.2, -0.15) is 0 Å². The Morgan fingerprint density at radius 3 is 2.55 bits per heavy atom. The number of esters is 1. The van der Waals surface area contributed by atoms with Crippen molar-refractivity contribution in [1.82, 2.24) is 4.90 Å². The van der Waals surface area contributed by atoms with Crippen LogP contribution in [0.3, 0.4) is 0 Å². The number of carbonyl (C=O) groups is 1. The van der Waals surface area contributed by atoms with Crippen LogP contribution in [0.5, 0.6) is 0 Å². The molecule has 5 heteroatoms. The van der Waals surface area contributed by atoms with Crippen LogP contribution in [-0.4, -0.2) is 43.8 Å². The van der Waals surface area contributed by atoms with Crippen molar-refractivity contribution < 1.29 is 14.3 Å². The van der Waals surface area contributed by atoms with E-state index < -0.39 is 0 Å². The van der Waals surface area contributed by atoms with Crippen LogP contribution < -0.4 is 0 Å². The first kappa shape index (κ1) is 17.0. The Labute approximate surface area is 126 Å². The van der Waals surface area contributed by atoms with Crippen molar-refractivity contribution in [2.24, 2.45) is 0 Å². The van der Waals surface area contributed by atoms with Crippen LogP contribution in [0.2, 0.25) is 0 Å². The fourth-order valence-electron chi connectivity index (χ4n) is 2.40. The van der Waals surface area contributed by atoms with E-state index in [1.54, 1.807) is 0 Å². The second-order valence-corrected chi connectivity index (χ2v) is 4.58. The summed E-state index contributed by atoms with van der Waals surface area (Å²) >= 11 is 0. The lowest BCUT2D eigenvalue weighted by Crippen LogP contribution is -2.40. The fraction of sp³-hybridized carbons (Fsp3) is 0.533. The van der Waals surface area contributed by atoms with Crippen LogP contribution in [0.1, 0.15) is 24.9 Å². The number of nitrogens with zero attached hydrogens (tertiary/aromatic N) is 1. The number of rotatable bonds is 5. The highest BCUT2D eigenvalue weighted by molar-refractivity contribution is 5.85. The number of morpholine rings is 1. The van der Waals surface area contributed by atoms with Crippen LogP contribution >= 0.6 is 12.4 Å². The topological polar surface area (TPSA) is 38.8 Å². The van der Waals surface area contributed by atoms with Gasteiger partial charge in [0, 0.05) is 19.1 Å². The second kappa shape index (κ2) is 8.95. The van der Waals surface area contributed by atoms with Gasteiger partial charge in [-0.1, -0.05) is 30.3 Å². The summed E-state index contributed by atoms with van der Waals surface area (Å²) in [7, 11) is 0. The molecule has 1 atom stereocenters. The van der Waals surface area contributed by atoms with Gasteiger partial charge < -0.3 is 9.47 Å². The van der Waals surface area contributed by atoms with E-state index in [2.05, 4.69) is 17.0 Å². The molecule has 112 valence electrons. The molecule has 0 amide bonds. The minimum atomic E-state index is -0.136. The molecule has 4 nitrogen and oxygen atoms in total. The minimum absolute atomic E-state index is 0. The van der Waals surface area contributed by atoms with Gasteiger partial charge in [-0.15, -0.1) is 12.4 Å². The molecule has 1 saturated heterocycles. The Bertz CT molecular complexity index is 393. The molecule has 1 aliphatic rings. The monoisotopic (exact) mass is 299 g/mol. The van der Waals surface area contributed by atoms with E-state index in [4.69, 9.17) is 9.47 Å². The van der Waals surface area contributed by atoms with E-state index >= 15 is 0 Å². The van der Waals surface area contributed by atoms with Crippen molar-refractivity contribution in [1.29, 1.82) is 0 Å². The van der Waals surface area contributed by atoms with Crippen LogP contribution in [0.15, 0.2) is 30.3 Å². The Morgan fingerprint density at radius 1 is 1.30 bits per heavy atom. The third-order valence-electron chi connectivity index (χ3n) is 3.34. The van der Waals surface area contributed by atoms with E-state index in [9.17, 15) is 4.79 Å². The summed E-state index contributed by atoms with van der Waals surface area (Å²) in [4.78, 5) is 14.1. The molecule has 2 rings (SSSR count). The lowest BCUT2D eigenvalue weighted by molar-refractivity contribution is -0.145. The summed E-state index contributed by atoms with van der Waals surface area (Å²) in [5, 5.41) is 0. The fourth-order valence-corrected chi connectivity index (χ4v) is 2.40. The molecule has 0 aliphatic carbocycles. The highest BCUT2D eigenvalue weighted by Crippen LogP contribution is 2.25. The van der Waals surface area contributed by atoms with Gasteiger partial charge >= 0.3 is 5.97 Å². The first-order valence-corrected chi connectivity index (χ1v) is 6.83. The molecule has 0 radical (unpaired) electrons. The van der Waals surface area contributed by atoms with Crippen molar-refractivity contribution >= 4 is 18.4 Å². The van der Waals surface area contributed by atoms with Crippen LogP contribution in [0.4, 0.5) is 0 Å². The number of halogens is 1. The molecule has 1 aromatic carbocycles. The van der Waals surface area contributed by atoms with Gasteiger partial charge in [0.1, 0.15) is 0 Å². The van der Waals surface area contributed by atoms with Gasteiger partial charge in [-0.05, 0) is 12.5 Å². The average molecular weight is 300 g/mol. The summed E-state index contributed by atoms with van der Waals surface area (Å²) in [5.74, 6) is -0.136. The molecule has 1 heterocycles. The third kappa shape index (κ3) is 4.78. The maximum absolute atomic E-state index is 11.8. The van der Waals surface area contributed by atoms with Gasteiger partial charge in [0.05, 0.1) is 26.2 Å². The molecule has 0 N–H and O–H groups in total. The zero-order valence-corrected chi connectivity index (χ0v) is 12.6. The quantitative estimate of drug-likeness (QED) is 0.783. The maximum atomic E-state index is 11.8. The molecular formula is C15H22ClNO3. The molecular weight excluding hydrogens is 278 g/mol. The SMILES string of the molecule is CCOC(=O)CC(c1ccccc1)N1CCOCC1.Cl. The van der Waals surface area contributed by atoms with E-state index in [1.165, 1.54) is 0 Å². The number of carbonyl (C=O) groups excluding carboxylic acids is 1. The van der Waals surface area contributed by atoms with Crippen molar-refractivity contribution in [2.75, 3.05) is 32.9 Å². The Balaban J connectivity index is 0.00000200. The van der Waals surface area contributed by atoms with E-state index in [0.717, 1.165) is 31.9 Å². The number of hydrogen-bond acceptors (Lipinski definition) is 4. The van der Waals surface area contributed by atoms with Crippen molar-refractivity contribution in [3.8, 4) is 0 Å². The number of benzene rings is 1. The number of ether oxygens (including phenoxy) is 2. The summed E-state index contributed by atoms with van der Waals surface area (Å²) in [6.07, 6.45) is 0.401. The van der Waals surface area contributed by atoms with Crippen molar-refractivity contribution in [3.05, 3.63) is 35.9 Å². The normalized spacial score (nSPS) is 17.1. The predicted octanol–water partition coefficient (Wildman–Crippen LogP) is 2.43. The molecule has 1 unspecified atom stereocenters. The molecule has 1 aliphatic heterocycles. The highest BCUT2D eigenvalue weighted by Gasteiger charge is 2.25. The van der Waals surface area contributed by atoms with Gasteiger partial charge in [0.2, 0.25) is 0 Å². The lowest BCUT2D eigenvalue weighted by atomic mass is 10.0. The van der Waals surface area contributed by atoms with Crippen LogP contribution in [0.25, 0.3) is 0 Å². The first-order chi connectivity index (χ1) is 9.31. The smallest absolute Gasteiger partial charge is 0.307 e. The van der Waals surface area contributed by atoms with Crippen LogP contribution in [0, 0.1) is 0 Å². The molecule has 1 fully saturated rings. The highest BCUT2D eigenvalue weighted by atomic mass is 35.5. The van der Waals surface area contributed by atoms with E-state index in [1.807, 2.05) is 25.1 Å². The van der Waals surface area contributed by atoms with Crippen molar-refractivity contribution in [3.63, 3.8) is 0 Å². The molecule has 0 spiro atoms. The molecule has 0 bridgehead atoms. The molecule has 0 saturated carbocycles. The van der Waals surface area contributed by atoms with Crippen LogP contribution in [-0.2, 0) is 14.3 Å². The number of hydrogen-bond donors (Lipinski definition) is 0. The lowest BCUT2D eigenvalue weighted by Gasteiger charge is -2.34. The Morgan fingerprint density at radius 2 is 1.95 bits per heavy atom. The van der Waals surface area contributed by atoms with Gasteiger partial charge in [0.15, 0.2) is 0 Å². The average Bonchev–Trinajstić information content (AvgIpc) is 2.47. The summed E-state index contributed by atoms with van der Waals surface area (Å²) in [5.41, 5.74) is 1.16.